The summed E-state index contributed by atoms with van der Waals surface area (Å²) < 4.78 is 2.17. The zero-order valence-electron chi connectivity index (χ0n) is 10.6. The van der Waals surface area contributed by atoms with Crippen molar-refractivity contribution in [1.82, 2.24) is 9.55 Å². The molecule has 0 radical (unpaired) electrons. The van der Waals surface area contributed by atoms with Gasteiger partial charge in [-0.3, -0.25) is 0 Å². The lowest BCUT2D eigenvalue weighted by atomic mass is 9.78. The van der Waals surface area contributed by atoms with Gasteiger partial charge in [-0.25, -0.2) is 4.98 Å². The Kier molecular flexibility index (Phi) is 3.52. The van der Waals surface area contributed by atoms with Crippen molar-refractivity contribution in [3.05, 3.63) is 12.4 Å². The minimum Gasteiger partial charge on any atom is -0.353 e. The van der Waals surface area contributed by atoms with Gasteiger partial charge in [0, 0.05) is 25.0 Å². The quantitative estimate of drug-likeness (QED) is 0.849. The average Bonchev–Trinajstić information content (AvgIpc) is 2.72. The largest absolute Gasteiger partial charge is 0.353 e. The number of aromatic nitrogens is 2. The molecule has 0 aliphatic heterocycles. The molecule has 0 aromatic carbocycles. The molecule has 1 aliphatic rings. The van der Waals surface area contributed by atoms with Crippen LogP contribution in [0.4, 0.5) is 5.95 Å². The molecule has 3 nitrogen and oxygen atoms in total. The molecule has 0 spiro atoms. The molecule has 3 heteroatoms. The third-order valence-corrected chi connectivity index (χ3v) is 4.08. The molecule has 3 unspecified atom stereocenters. The predicted octanol–water partition coefficient (Wildman–Crippen LogP) is 3.14. The van der Waals surface area contributed by atoms with Crippen molar-refractivity contribution in [2.75, 3.05) is 5.32 Å². The van der Waals surface area contributed by atoms with E-state index in [0.717, 1.165) is 24.3 Å². The lowest BCUT2D eigenvalue weighted by molar-refractivity contribution is 0.252. The molecule has 1 aromatic rings. The molecule has 1 aromatic heterocycles. The highest BCUT2D eigenvalue weighted by Gasteiger charge is 2.27. The van der Waals surface area contributed by atoms with E-state index in [4.69, 9.17) is 0 Å². The molecule has 3 atom stereocenters. The van der Waals surface area contributed by atoms with Crippen LogP contribution in [0.2, 0.25) is 0 Å². The number of rotatable bonds is 3. The van der Waals surface area contributed by atoms with Crippen molar-refractivity contribution in [2.24, 2.45) is 11.8 Å². The van der Waals surface area contributed by atoms with Crippen molar-refractivity contribution in [2.45, 2.75) is 52.6 Å². The first-order chi connectivity index (χ1) is 7.72. The maximum atomic E-state index is 4.39. The molecule has 0 bridgehead atoms. The Labute approximate surface area is 98.3 Å². The lowest BCUT2D eigenvalue weighted by Crippen LogP contribution is -2.35. The van der Waals surface area contributed by atoms with E-state index in [0.29, 0.717) is 6.04 Å². The summed E-state index contributed by atoms with van der Waals surface area (Å²) in [5.41, 5.74) is 0. The molecule has 0 saturated heterocycles. The SMILES string of the molecule is CCn1ccnc1NC1CCCC(C)C1C. The van der Waals surface area contributed by atoms with Crippen LogP contribution in [-0.2, 0) is 6.54 Å². The number of nitrogens with one attached hydrogen (secondary N) is 1. The molecular weight excluding hydrogens is 198 g/mol. The fraction of sp³-hybridized carbons (Fsp3) is 0.769. The maximum absolute atomic E-state index is 4.39. The van der Waals surface area contributed by atoms with Crippen LogP contribution in [0, 0.1) is 11.8 Å². The van der Waals surface area contributed by atoms with Gasteiger partial charge >= 0.3 is 0 Å². The summed E-state index contributed by atoms with van der Waals surface area (Å²) in [6, 6.07) is 0.594. The summed E-state index contributed by atoms with van der Waals surface area (Å²) in [6.07, 6.45) is 7.92. The second-order valence-electron chi connectivity index (χ2n) is 5.05. The summed E-state index contributed by atoms with van der Waals surface area (Å²) >= 11 is 0. The molecule has 1 heterocycles. The summed E-state index contributed by atoms with van der Waals surface area (Å²) in [7, 11) is 0. The van der Waals surface area contributed by atoms with Crippen molar-refractivity contribution >= 4 is 5.95 Å². The van der Waals surface area contributed by atoms with Gasteiger partial charge < -0.3 is 9.88 Å². The minimum atomic E-state index is 0.594. The predicted molar refractivity (Wildman–Crippen MR) is 67.5 cm³/mol. The van der Waals surface area contributed by atoms with Gasteiger partial charge in [-0.1, -0.05) is 26.7 Å². The van der Waals surface area contributed by atoms with Crippen LogP contribution in [-0.4, -0.2) is 15.6 Å². The van der Waals surface area contributed by atoms with Crippen molar-refractivity contribution in [3.63, 3.8) is 0 Å². The monoisotopic (exact) mass is 221 g/mol. The number of imidazole rings is 1. The smallest absolute Gasteiger partial charge is 0.202 e. The Bertz CT molecular complexity index is 332. The number of anilines is 1. The molecule has 1 saturated carbocycles. The average molecular weight is 221 g/mol. The van der Waals surface area contributed by atoms with Crippen LogP contribution in [0.1, 0.15) is 40.0 Å². The first-order valence-electron chi connectivity index (χ1n) is 6.50. The second-order valence-corrected chi connectivity index (χ2v) is 5.05. The number of hydrogen-bond acceptors (Lipinski definition) is 2. The van der Waals surface area contributed by atoms with Crippen LogP contribution in [0.15, 0.2) is 12.4 Å². The van der Waals surface area contributed by atoms with Gasteiger partial charge in [0.25, 0.3) is 0 Å². The molecular formula is C13H23N3. The summed E-state index contributed by atoms with van der Waals surface area (Å²) in [5, 5.41) is 3.61. The Morgan fingerprint density at radius 1 is 1.44 bits per heavy atom. The number of hydrogen-bond donors (Lipinski definition) is 1. The van der Waals surface area contributed by atoms with E-state index >= 15 is 0 Å². The van der Waals surface area contributed by atoms with E-state index in [2.05, 4.69) is 35.6 Å². The second kappa shape index (κ2) is 4.89. The van der Waals surface area contributed by atoms with Gasteiger partial charge in [0.2, 0.25) is 5.95 Å². The van der Waals surface area contributed by atoms with Gasteiger partial charge in [-0.15, -0.1) is 0 Å². The molecule has 0 amide bonds. The number of aryl methyl sites for hydroxylation is 1. The van der Waals surface area contributed by atoms with Crippen molar-refractivity contribution in [3.8, 4) is 0 Å². The van der Waals surface area contributed by atoms with Gasteiger partial charge in [0.15, 0.2) is 0 Å². The highest BCUT2D eigenvalue weighted by Crippen LogP contribution is 2.31. The lowest BCUT2D eigenvalue weighted by Gasteiger charge is -2.34. The first kappa shape index (κ1) is 11.5. The van der Waals surface area contributed by atoms with Gasteiger partial charge in [0.1, 0.15) is 0 Å². The minimum absolute atomic E-state index is 0.594. The Morgan fingerprint density at radius 2 is 2.25 bits per heavy atom. The highest BCUT2D eigenvalue weighted by atomic mass is 15.2. The van der Waals surface area contributed by atoms with Crippen LogP contribution >= 0.6 is 0 Å². The van der Waals surface area contributed by atoms with E-state index in [1.807, 2.05) is 12.4 Å². The van der Waals surface area contributed by atoms with Gasteiger partial charge in [0.05, 0.1) is 0 Å². The van der Waals surface area contributed by atoms with E-state index in [9.17, 15) is 0 Å². The fourth-order valence-corrected chi connectivity index (χ4v) is 2.66. The van der Waals surface area contributed by atoms with E-state index < -0.39 is 0 Å². The topological polar surface area (TPSA) is 29.9 Å². The zero-order valence-corrected chi connectivity index (χ0v) is 10.6. The highest BCUT2D eigenvalue weighted by molar-refractivity contribution is 5.28. The zero-order chi connectivity index (χ0) is 11.5. The van der Waals surface area contributed by atoms with Gasteiger partial charge in [-0.05, 0) is 25.2 Å². The van der Waals surface area contributed by atoms with Crippen LogP contribution in [0.5, 0.6) is 0 Å². The van der Waals surface area contributed by atoms with Crippen LogP contribution in [0.25, 0.3) is 0 Å². The third kappa shape index (κ3) is 2.23. The van der Waals surface area contributed by atoms with Gasteiger partial charge in [-0.2, -0.15) is 0 Å². The fourth-order valence-electron chi connectivity index (χ4n) is 2.66. The number of nitrogens with zero attached hydrogens (tertiary/aromatic N) is 2. The summed E-state index contributed by atoms with van der Waals surface area (Å²) in [5.74, 6) is 2.61. The Morgan fingerprint density at radius 3 is 3.00 bits per heavy atom. The summed E-state index contributed by atoms with van der Waals surface area (Å²) in [4.78, 5) is 4.39. The normalized spacial score (nSPS) is 30.3. The van der Waals surface area contributed by atoms with E-state index in [1.165, 1.54) is 19.3 Å². The Hall–Kier alpha value is -0.990. The molecule has 1 fully saturated rings. The molecule has 1 N–H and O–H groups in total. The van der Waals surface area contributed by atoms with E-state index in [-0.39, 0.29) is 0 Å². The summed E-state index contributed by atoms with van der Waals surface area (Å²) in [6.45, 7) is 7.87. The maximum Gasteiger partial charge on any atom is 0.202 e. The van der Waals surface area contributed by atoms with Crippen molar-refractivity contribution in [1.29, 1.82) is 0 Å². The standard InChI is InChI=1S/C13H23N3/c1-4-16-9-8-14-13(16)15-12-7-5-6-10(2)11(12)3/h8-12H,4-7H2,1-3H3,(H,14,15). The molecule has 16 heavy (non-hydrogen) atoms. The molecule has 1 aliphatic carbocycles. The molecule has 90 valence electrons. The van der Waals surface area contributed by atoms with Crippen LogP contribution in [0.3, 0.4) is 0 Å². The Balaban J connectivity index is 2.03. The first-order valence-corrected chi connectivity index (χ1v) is 6.50. The van der Waals surface area contributed by atoms with Crippen LogP contribution < -0.4 is 5.32 Å². The third-order valence-electron chi connectivity index (χ3n) is 4.08. The molecule has 2 rings (SSSR count). The van der Waals surface area contributed by atoms with E-state index in [1.54, 1.807) is 0 Å². The van der Waals surface area contributed by atoms with Crippen molar-refractivity contribution < 1.29 is 0 Å².